The van der Waals surface area contributed by atoms with Crippen molar-refractivity contribution in [1.29, 1.82) is 0 Å². The normalized spacial score (nSPS) is 10.1. The predicted molar refractivity (Wildman–Crippen MR) is 78.8 cm³/mol. The molecule has 0 fully saturated rings. The monoisotopic (exact) mass is 336 g/mol. The van der Waals surface area contributed by atoms with E-state index in [1.165, 1.54) is 6.20 Å². The zero-order chi connectivity index (χ0) is 14.5. The summed E-state index contributed by atoms with van der Waals surface area (Å²) in [5.74, 6) is 0.450. The fraction of sp³-hybridized carbons (Fsp3) is 0.143. The lowest BCUT2D eigenvalue weighted by Crippen LogP contribution is -2.05. The Balaban J connectivity index is 2.12. The summed E-state index contributed by atoms with van der Waals surface area (Å²) in [7, 11) is 0. The molecule has 2 N–H and O–H groups in total. The summed E-state index contributed by atoms with van der Waals surface area (Å²) in [6.07, 6.45) is 1.41. The van der Waals surface area contributed by atoms with Crippen molar-refractivity contribution in [3.63, 3.8) is 0 Å². The number of hydrogen-bond acceptors (Lipinski definition) is 5. The van der Waals surface area contributed by atoms with E-state index in [1.54, 1.807) is 31.2 Å². The van der Waals surface area contributed by atoms with Gasteiger partial charge in [-0.15, -0.1) is 0 Å². The molecule has 0 aliphatic carbocycles. The zero-order valence-electron chi connectivity index (χ0n) is 10.8. The first kappa shape index (κ1) is 14.3. The Morgan fingerprint density at radius 2 is 2.15 bits per heavy atom. The minimum Gasteiger partial charge on any atom is -0.462 e. The Morgan fingerprint density at radius 3 is 2.75 bits per heavy atom. The first-order valence-corrected chi connectivity index (χ1v) is 6.75. The van der Waals surface area contributed by atoms with Gasteiger partial charge in [0.25, 0.3) is 0 Å². The Kier molecular flexibility index (Phi) is 4.57. The van der Waals surface area contributed by atoms with Crippen LogP contribution in [0.1, 0.15) is 17.3 Å². The Hall–Kier alpha value is -2.08. The van der Waals surface area contributed by atoms with Gasteiger partial charge in [-0.2, -0.15) is 0 Å². The average molecular weight is 337 g/mol. The number of ether oxygens (including phenoxy) is 2. The third-order valence-electron chi connectivity index (χ3n) is 2.43. The summed E-state index contributed by atoms with van der Waals surface area (Å²) in [5, 5.41) is 0. The van der Waals surface area contributed by atoms with Crippen molar-refractivity contribution in [2.24, 2.45) is 0 Å². The molecule has 0 aliphatic heterocycles. The number of halogens is 1. The highest BCUT2D eigenvalue weighted by Crippen LogP contribution is 2.28. The molecule has 0 bridgehead atoms. The molecule has 5 nitrogen and oxygen atoms in total. The number of rotatable bonds is 4. The van der Waals surface area contributed by atoms with E-state index < -0.39 is 5.97 Å². The number of esters is 1. The van der Waals surface area contributed by atoms with Gasteiger partial charge in [0.2, 0.25) is 5.88 Å². The maximum Gasteiger partial charge on any atom is 0.339 e. The van der Waals surface area contributed by atoms with E-state index in [4.69, 9.17) is 15.2 Å². The number of carbonyl (C=O) groups excluding carboxylic acids is 1. The largest absolute Gasteiger partial charge is 0.462 e. The smallest absolute Gasteiger partial charge is 0.339 e. The van der Waals surface area contributed by atoms with Crippen molar-refractivity contribution < 1.29 is 14.3 Å². The van der Waals surface area contributed by atoms with Crippen LogP contribution in [0.5, 0.6) is 11.6 Å². The van der Waals surface area contributed by atoms with Gasteiger partial charge >= 0.3 is 5.97 Å². The number of anilines is 1. The lowest BCUT2D eigenvalue weighted by molar-refractivity contribution is 0.0526. The van der Waals surface area contributed by atoms with Gasteiger partial charge in [0.1, 0.15) is 0 Å². The summed E-state index contributed by atoms with van der Waals surface area (Å²) in [4.78, 5) is 15.5. The Labute approximate surface area is 124 Å². The van der Waals surface area contributed by atoms with Crippen LogP contribution in [0.25, 0.3) is 0 Å². The molecule has 0 amide bonds. The van der Waals surface area contributed by atoms with Gasteiger partial charge in [0, 0.05) is 16.7 Å². The summed E-state index contributed by atoms with van der Waals surface area (Å²) < 4.78 is 11.3. The number of aromatic nitrogens is 1. The fourth-order valence-corrected chi connectivity index (χ4v) is 1.88. The van der Waals surface area contributed by atoms with Crippen LogP contribution >= 0.6 is 15.9 Å². The molecule has 1 aromatic carbocycles. The summed E-state index contributed by atoms with van der Waals surface area (Å²) in [6, 6.07) is 8.48. The number of nitrogen functional groups attached to an aromatic ring is 1. The molecule has 2 aromatic rings. The van der Waals surface area contributed by atoms with E-state index in [0.29, 0.717) is 29.5 Å². The van der Waals surface area contributed by atoms with Gasteiger partial charge < -0.3 is 15.2 Å². The number of hydrogen-bond donors (Lipinski definition) is 1. The Bertz CT molecular complexity index is 614. The predicted octanol–water partition coefficient (Wildman–Crippen LogP) is 3.40. The highest BCUT2D eigenvalue weighted by Gasteiger charge is 2.08. The van der Waals surface area contributed by atoms with E-state index in [-0.39, 0.29) is 0 Å². The van der Waals surface area contributed by atoms with Gasteiger partial charge in [-0.3, -0.25) is 0 Å². The molecule has 1 heterocycles. The van der Waals surface area contributed by atoms with Crippen LogP contribution < -0.4 is 10.5 Å². The summed E-state index contributed by atoms with van der Waals surface area (Å²) in [6.45, 7) is 2.08. The van der Waals surface area contributed by atoms with Crippen molar-refractivity contribution in [3.8, 4) is 11.6 Å². The first-order chi connectivity index (χ1) is 9.60. The fourth-order valence-electron chi connectivity index (χ4n) is 1.50. The van der Waals surface area contributed by atoms with E-state index in [2.05, 4.69) is 20.9 Å². The molecule has 20 heavy (non-hydrogen) atoms. The van der Waals surface area contributed by atoms with Crippen LogP contribution in [-0.2, 0) is 4.74 Å². The molecule has 0 atom stereocenters. The average Bonchev–Trinajstić information content (AvgIpc) is 2.43. The van der Waals surface area contributed by atoms with Crippen LogP contribution in [0.4, 0.5) is 5.69 Å². The third-order valence-corrected chi connectivity index (χ3v) is 2.93. The van der Waals surface area contributed by atoms with Crippen LogP contribution in [0, 0.1) is 0 Å². The minimum atomic E-state index is -0.408. The Morgan fingerprint density at radius 1 is 1.35 bits per heavy atom. The number of benzene rings is 1. The molecule has 104 valence electrons. The van der Waals surface area contributed by atoms with E-state index in [9.17, 15) is 4.79 Å². The van der Waals surface area contributed by atoms with Crippen LogP contribution in [0.15, 0.2) is 41.0 Å². The maximum absolute atomic E-state index is 11.5. The van der Waals surface area contributed by atoms with Crippen molar-refractivity contribution in [3.05, 3.63) is 46.6 Å². The van der Waals surface area contributed by atoms with Crippen molar-refractivity contribution in [2.45, 2.75) is 6.92 Å². The molecule has 0 spiro atoms. The third kappa shape index (κ3) is 3.48. The maximum atomic E-state index is 11.5. The van der Waals surface area contributed by atoms with Crippen LogP contribution in [0.3, 0.4) is 0 Å². The molecule has 0 unspecified atom stereocenters. The van der Waals surface area contributed by atoms with Crippen molar-refractivity contribution in [1.82, 2.24) is 4.98 Å². The standard InChI is InChI=1S/C14H13BrN2O3/c1-2-19-14(18)9-3-6-13(17-8-9)20-12-5-4-10(15)7-11(12)16/h3-8H,2,16H2,1H3. The van der Waals surface area contributed by atoms with Crippen molar-refractivity contribution in [2.75, 3.05) is 12.3 Å². The molecule has 2 rings (SSSR count). The van der Waals surface area contributed by atoms with E-state index >= 15 is 0 Å². The molecule has 0 saturated carbocycles. The van der Waals surface area contributed by atoms with Gasteiger partial charge in [-0.1, -0.05) is 15.9 Å². The molecular formula is C14H13BrN2O3. The second-order valence-electron chi connectivity index (χ2n) is 3.89. The molecule has 0 radical (unpaired) electrons. The second kappa shape index (κ2) is 6.38. The van der Waals surface area contributed by atoms with Crippen LogP contribution in [0.2, 0.25) is 0 Å². The summed E-state index contributed by atoms with van der Waals surface area (Å²) in [5.41, 5.74) is 6.70. The van der Waals surface area contributed by atoms with Gasteiger partial charge in [0.15, 0.2) is 5.75 Å². The zero-order valence-corrected chi connectivity index (χ0v) is 12.4. The van der Waals surface area contributed by atoms with Gasteiger partial charge in [0.05, 0.1) is 17.9 Å². The molecule has 6 heteroatoms. The van der Waals surface area contributed by atoms with E-state index in [1.807, 2.05) is 6.07 Å². The highest BCUT2D eigenvalue weighted by atomic mass is 79.9. The topological polar surface area (TPSA) is 74.4 Å². The molecule has 0 saturated heterocycles. The highest BCUT2D eigenvalue weighted by molar-refractivity contribution is 9.10. The van der Waals surface area contributed by atoms with E-state index in [0.717, 1.165) is 4.47 Å². The molecular weight excluding hydrogens is 324 g/mol. The van der Waals surface area contributed by atoms with Gasteiger partial charge in [-0.05, 0) is 31.2 Å². The van der Waals surface area contributed by atoms with Gasteiger partial charge in [-0.25, -0.2) is 9.78 Å². The van der Waals surface area contributed by atoms with Crippen LogP contribution in [-0.4, -0.2) is 17.6 Å². The SMILES string of the molecule is CCOC(=O)c1ccc(Oc2ccc(Br)cc2N)nc1. The second-order valence-corrected chi connectivity index (χ2v) is 4.81. The number of nitrogens with two attached hydrogens (primary N) is 1. The van der Waals surface area contributed by atoms with Crippen molar-refractivity contribution >= 4 is 27.6 Å². The number of carbonyl (C=O) groups is 1. The summed E-state index contributed by atoms with van der Waals surface area (Å²) >= 11 is 3.32. The minimum absolute atomic E-state index is 0.326. The lowest BCUT2D eigenvalue weighted by Gasteiger charge is -2.08. The molecule has 1 aromatic heterocycles. The molecule has 0 aliphatic rings. The quantitative estimate of drug-likeness (QED) is 0.684. The lowest BCUT2D eigenvalue weighted by atomic mass is 10.3. The first-order valence-electron chi connectivity index (χ1n) is 5.96. The number of nitrogens with zero attached hydrogens (tertiary/aromatic N) is 1. The number of pyridine rings is 1.